The van der Waals surface area contributed by atoms with Crippen LogP contribution in [0.1, 0.15) is 47.4 Å². The average Bonchev–Trinajstić information content (AvgIpc) is 3.27. The number of aromatic nitrogens is 1. The second kappa shape index (κ2) is 8.22. The van der Waals surface area contributed by atoms with E-state index in [0.717, 1.165) is 39.7 Å². The van der Waals surface area contributed by atoms with Gasteiger partial charge in [0.1, 0.15) is 16.6 Å². The molecule has 2 aromatic carbocycles. The van der Waals surface area contributed by atoms with Gasteiger partial charge in [0.05, 0.1) is 17.3 Å². The summed E-state index contributed by atoms with van der Waals surface area (Å²) in [6.45, 7) is 4.90. The van der Waals surface area contributed by atoms with E-state index in [9.17, 15) is 4.39 Å². The molecule has 5 heteroatoms. The molecular formula is C23H23ClFNOS. The number of nitrogens with zero attached hydrogens (tertiary/aromatic N) is 1. The fourth-order valence-corrected chi connectivity index (χ4v) is 5.01. The van der Waals surface area contributed by atoms with Crippen LogP contribution in [0.3, 0.4) is 0 Å². The van der Waals surface area contributed by atoms with E-state index >= 15 is 0 Å². The lowest BCUT2D eigenvalue weighted by molar-refractivity contribution is 0.320. The lowest BCUT2D eigenvalue weighted by atomic mass is 9.99. The Hall–Kier alpha value is -1.91. The molecule has 0 fully saturated rings. The molecule has 1 aromatic heterocycles. The van der Waals surface area contributed by atoms with E-state index in [1.54, 1.807) is 23.5 Å². The molecule has 0 radical (unpaired) electrons. The summed E-state index contributed by atoms with van der Waals surface area (Å²) in [7, 11) is 0. The summed E-state index contributed by atoms with van der Waals surface area (Å²) in [5.41, 5.74) is 4.79. The third-order valence-electron chi connectivity index (χ3n) is 5.48. The lowest BCUT2D eigenvalue weighted by Gasteiger charge is -2.10. The summed E-state index contributed by atoms with van der Waals surface area (Å²) in [5, 5.41) is 0.981. The second-order valence-corrected chi connectivity index (χ2v) is 8.86. The van der Waals surface area contributed by atoms with Crippen LogP contribution < -0.4 is 4.74 Å². The molecule has 4 rings (SSSR count). The molecule has 28 heavy (non-hydrogen) atoms. The Morgan fingerprint density at radius 2 is 2.11 bits per heavy atom. The standard InChI is InChI=1S/C23H23ClFNOS/c1-3-15-4-5-16-12-18(7-8-19(15)16)27-11-10-22-14(2)28-23(26-22)17-6-9-21(25)20(24)13-17/h6-9,12-13,15H,3-5,10-11H2,1-2H3/t15-/m1/s1. The van der Waals surface area contributed by atoms with Crippen molar-refractivity contribution < 1.29 is 9.13 Å². The number of halogens is 2. The van der Waals surface area contributed by atoms with Gasteiger partial charge in [-0.25, -0.2) is 9.37 Å². The first-order valence-corrected chi connectivity index (χ1v) is 10.9. The minimum absolute atomic E-state index is 0.122. The highest BCUT2D eigenvalue weighted by Gasteiger charge is 2.21. The van der Waals surface area contributed by atoms with Crippen LogP contribution in [-0.4, -0.2) is 11.6 Å². The molecule has 0 saturated carbocycles. The van der Waals surface area contributed by atoms with Gasteiger partial charge in [-0.3, -0.25) is 0 Å². The van der Waals surface area contributed by atoms with Gasteiger partial charge in [-0.1, -0.05) is 24.6 Å². The Labute approximate surface area is 174 Å². The number of rotatable bonds is 6. The van der Waals surface area contributed by atoms with E-state index in [1.807, 2.05) is 0 Å². The van der Waals surface area contributed by atoms with Crippen molar-refractivity contribution in [3.8, 4) is 16.3 Å². The molecule has 1 aliphatic carbocycles. The van der Waals surface area contributed by atoms with Gasteiger partial charge in [0.25, 0.3) is 0 Å². The van der Waals surface area contributed by atoms with Crippen LogP contribution in [0.5, 0.6) is 5.75 Å². The zero-order valence-electron chi connectivity index (χ0n) is 16.1. The van der Waals surface area contributed by atoms with Gasteiger partial charge in [0.15, 0.2) is 0 Å². The van der Waals surface area contributed by atoms with Gasteiger partial charge in [-0.05, 0) is 73.6 Å². The van der Waals surface area contributed by atoms with Crippen LogP contribution in [0.2, 0.25) is 5.02 Å². The molecule has 0 saturated heterocycles. The smallest absolute Gasteiger partial charge is 0.141 e. The maximum absolute atomic E-state index is 13.4. The summed E-state index contributed by atoms with van der Waals surface area (Å²) >= 11 is 7.50. The Balaban J connectivity index is 1.41. The van der Waals surface area contributed by atoms with E-state index in [2.05, 4.69) is 32.0 Å². The largest absolute Gasteiger partial charge is 0.493 e. The fourth-order valence-electron chi connectivity index (χ4n) is 3.87. The zero-order chi connectivity index (χ0) is 19.7. The quantitative estimate of drug-likeness (QED) is 0.433. The minimum Gasteiger partial charge on any atom is -0.493 e. The molecule has 3 aromatic rings. The number of fused-ring (bicyclic) bond motifs is 1. The normalized spacial score (nSPS) is 15.6. The van der Waals surface area contributed by atoms with E-state index in [4.69, 9.17) is 21.3 Å². The highest BCUT2D eigenvalue weighted by molar-refractivity contribution is 7.15. The van der Waals surface area contributed by atoms with Gasteiger partial charge in [0.2, 0.25) is 0 Å². The van der Waals surface area contributed by atoms with Gasteiger partial charge in [-0.2, -0.15) is 0 Å². The predicted octanol–water partition coefficient (Wildman–Crippen LogP) is 6.97. The highest BCUT2D eigenvalue weighted by atomic mass is 35.5. The Kier molecular flexibility index (Phi) is 5.70. The average molecular weight is 416 g/mol. The van der Waals surface area contributed by atoms with Crippen molar-refractivity contribution in [1.82, 2.24) is 4.98 Å². The first-order valence-electron chi connectivity index (χ1n) is 9.72. The second-order valence-electron chi connectivity index (χ2n) is 7.25. The van der Waals surface area contributed by atoms with E-state index in [1.165, 1.54) is 30.0 Å². The summed E-state index contributed by atoms with van der Waals surface area (Å²) in [5.74, 6) is 1.24. The summed E-state index contributed by atoms with van der Waals surface area (Å²) in [4.78, 5) is 5.87. The number of hydrogen-bond acceptors (Lipinski definition) is 3. The van der Waals surface area contributed by atoms with Crippen molar-refractivity contribution in [1.29, 1.82) is 0 Å². The molecule has 0 spiro atoms. The number of aryl methyl sites for hydroxylation is 2. The van der Waals surface area contributed by atoms with E-state index < -0.39 is 5.82 Å². The first-order chi connectivity index (χ1) is 13.5. The van der Waals surface area contributed by atoms with Crippen LogP contribution in [0.25, 0.3) is 10.6 Å². The van der Waals surface area contributed by atoms with Crippen molar-refractivity contribution in [2.75, 3.05) is 6.61 Å². The Morgan fingerprint density at radius 3 is 2.89 bits per heavy atom. The van der Waals surface area contributed by atoms with Crippen LogP contribution in [0.15, 0.2) is 36.4 Å². The van der Waals surface area contributed by atoms with Crippen LogP contribution in [0, 0.1) is 12.7 Å². The Morgan fingerprint density at radius 1 is 1.25 bits per heavy atom. The summed E-state index contributed by atoms with van der Waals surface area (Å²) < 4.78 is 19.4. The number of hydrogen-bond donors (Lipinski definition) is 0. The van der Waals surface area contributed by atoms with Crippen molar-refractivity contribution in [2.24, 2.45) is 0 Å². The summed E-state index contributed by atoms with van der Waals surface area (Å²) in [6, 6.07) is 11.2. The van der Waals surface area contributed by atoms with Crippen molar-refractivity contribution >= 4 is 22.9 Å². The molecule has 0 amide bonds. The molecular weight excluding hydrogens is 393 g/mol. The zero-order valence-corrected chi connectivity index (χ0v) is 17.7. The van der Waals surface area contributed by atoms with E-state index in [0.29, 0.717) is 12.5 Å². The SMILES string of the molecule is CC[C@@H]1CCc2cc(OCCc3nc(-c4ccc(F)c(Cl)c4)sc3C)ccc21. The number of benzene rings is 2. The fraction of sp³-hybridized carbons (Fsp3) is 0.348. The maximum atomic E-state index is 13.4. The Bertz CT molecular complexity index is 1000. The van der Waals surface area contributed by atoms with Crippen molar-refractivity contribution in [3.63, 3.8) is 0 Å². The molecule has 0 aliphatic heterocycles. The first kappa shape index (κ1) is 19.4. The molecule has 0 N–H and O–H groups in total. The summed E-state index contributed by atoms with van der Waals surface area (Å²) in [6.07, 6.45) is 4.35. The van der Waals surface area contributed by atoms with Gasteiger partial charge in [-0.15, -0.1) is 11.3 Å². The van der Waals surface area contributed by atoms with E-state index in [-0.39, 0.29) is 5.02 Å². The van der Waals surface area contributed by atoms with Gasteiger partial charge >= 0.3 is 0 Å². The van der Waals surface area contributed by atoms with Crippen molar-refractivity contribution in [2.45, 2.75) is 45.4 Å². The molecule has 0 unspecified atom stereocenters. The lowest BCUT2D eigenvalue weighted by Crippen LogP contribution is -2.03. The van der Waals surface area contributed by atoms with Crippen LogP contribution in [0.4, 0.5) is 4.39 Å². The third kappa shape index (κ3) is 3.94. The molecule has 2 nitrogen and oxygen atoms in total. The maximum Gasteiger partial charge on any atom is 0.141 e. The van der Waals surface area contributed by atoms with Crippen LogP contribution >= 0.6 is 22.9 Å². The molecule has 1 atom stereocenters. The molecule has 0 bridgehead atoms. The van der Waals surface area contributed by atoms with Gasteiger partial charge in [0, 0.05) is 16.9 Å². The molecule has 146 valence electrons. The molecule has 1 heterocycles. The minimum atomic E-state index is -0.410. The predicted molar refractivity (Wildman–Crippen MR) is 114 cm³/mol. The highest BCUT2D eigenvalue weighted by Crippen LogP contribution is 2.37. The number of thiazole rings is 1. The van der Waals surface area contributed by atoms with Crippen molar-refractivity contribution in [3.05, 3.63) is 68.9 Å². The monoisotopic (exact) mass is 415 g/mol. The van der Waals surface area contributed by atoms with Gasteiger partial charge < -0.3 is 4.74 Å². The topological polar surface area (TPSA) is 22.1 Å². The number of ether oxygens (including phenoxy) is 1. The molecule has 1 aliphatic rings. The third-order valence-corrected chi connectivity index (χ3v) is 6.83. The van der Waals surface area contributed by atoms with Crippen LogP contribution in [-0.2, 0) is 12.8 Å².